The van der Waals surface area contributed by atoms with E-state index in [-0.39, 0.29) is 40.4 Å². The number of nitrogens with zero attached hydrogens (tertiary/aromatic N) is 1. The molecular weight excluding hydrogens is 560 g/mol. The molecule has 0 aliphatic heterocycles. The van der Waals surface area contributed by atoms with Crippen LogP contribution in [0.3, 0.4) is 0 Å². The molecule has 7 nitrogen and oxygen atoms in total. The molecule has 0 saturated carbocycles. The fourth-order valence-electron chi connectivity index (χ4n) is 3.49. The van der Waals surface area contributed by atoms with Crippen molar-refractivity contribution in [2.24, 2.45) is 5.73 Å². The Kier molecular flexibility index (Phi) is 10.6. The molecule has 1 aromatic heterocycles. The second kappa shape index (κ2) is 13.0. The van der Waals surface area contributed by atoms with E-state index in [0.717, 1.165) is 23.3 Å². The highest BCUT2D eigenvalue weighted by molar-refractivity contribution is 9.10. The first-order chi connectivity index (χ1) is 16.6. The Morgan fingerprint density at radius 3 is 2.39 bits per heavy atom. The maximum Gasteiger partial charge on any atom is 0.269 e. The first kappa shape index (κ1) is 29.4. The van der Waals surface area contributed by atoms with Crippen molar-refractivity contribution < 1.29 is 23.4 Å². The van der Waals surface area contributed by atoms with Crippen LogP contribution in [0.15, 0.2) is 57.8 Å². The Hall–Kier alpha value is -2.79. The average molecular weight is 587 g/mol. The molecule has 1 amide bonds. The number of halogens is 4. The molecule has 36 heavy (non-hydrogen) atoms. The molecule has 0 aliphatic rings. The number of aromatic nitrogens is 1. The molecule has 0 unspecified atom stereocenters. The molecule has 0 fully saturated rings. The number of pyridine rings is 1. The van der Waals surface area contributed by atoms with E-state index < -0.39 is 29.7 Å². The highest BCUT2D eigenvalue weighted by atomic mass is 79.9. The van der Waals surface area contributed by atoms with Gasteiger partial charge in [0.1, 0.15) is 34.5 Å². The van der Waals surface area contributed by atoms with Crippen molar-refractivity contribution in [1.29, 1.82) is 0 Å². The van der Waals surface area contributed by atoms with Gasteiger partial charge in [0, 0.05) is 29.9 Å². The number of ether oxygens (including phenoxy) is 1. The summed E-state index contributed by atoms with van der Waals surface area (Å²) in [5.74, 6) is -1.77. The summed E-state index contributed by atoms with van der Waals surface area (Å²) in [5.41, 5.74) is 7.53. The number of aliphatic hydroxyl groups is 1. The number of carbonyl (C=O) groups excluding carboxylic acids is 1. The molecule has 3 aromatic rings. The lowest BCUT2D eigenvalue weighted by molar-refractivity contribution is -0.122. The van der Waals surface area contributed by atoms with Gasteiger partial charge in [0.05, 0.1) is 12.6 Å². The molecule has 0 radical (unpaired) electrons. The lowest BCUT2D eigenvalue weighted by Crippen LogP contribution is -2.47. The van der Waals surface area contributed by atoms with Gasteiger partial charge >= 0.3 is 0 Å². The van der Waals surface area contributed by atoms with Crippen molar-refractivity contribution in [2.45, 2.75) is 45.7 Å². The van der Waals surface area contributed by atoms with Crippen LogP contribution in [0.2, 0.25) is 0 Å². The Labute approximate surface area is 221 Å². The van der Waals surface area contributed by atoms with Crippen LogP contribution >= 0.6 is 28.3 Å². The fraction of sp³-hybridized carbons (Fsp3) is 0.280. The Morgan fingerprint density at radius 2 is 1.81 bits per heavy atom. The standard InChI is InChI=1S/C25H26BrF2N3O4.ClH/c1-14-9-21(35-13-18-7-8-19(27)10-20(18)28)22(26)25(34)31(14)12-17-5-3-16(4-6-17)11-30-23(15(2)32)24(29)33;/h3-10,15,23,30,32H,11-13H2,1-2H3,(H2,29,33);1H/t15-,23-;/m1./s1. The highest BCUT2D eigenvalue weighted by Gasteiger charge is 2.20. The molecule has 0 bridgehead atoms. The number of hydrogen-bond acceptors (Lipinski definition) is 5. The topological polar surface area (TPSA) is 107 Å². The summed E-state index contributed by atoms with van der Waals surface area (Å²) in [5, 5.41) is 12.6. The summed E-state index contributed by atoms with van der Waals surface area (Å²) in [6.07, 6.45) is -0.915. The first-order valence-corrected chi connectivity index (χ1v) is 11.6. The first-order valence-electron chi connectivity index (χ1n) is 10.8. The van der Waals surface area contributed by atoms with Crippen LogP contribution in [-0.4, -0.2) is 27.7 Å². The van der Waals surface area contributed by atoms with Gasteiger partial charge in [-0.3, -0.25) is 14.9 Å². The zero-order valence-electron chi connectivity index (χ0n) is 19.6. The largest absolute Gasteiger partial charge is 0.487 e. The van der Waals surface area contributed by atoms with E-state index in [4.69, 9.17) is 10.5 Å². The maximum absolute atomic E-state index is 13.9. The third kappa shape index (κ3) is 7.36. The van der Waals surface area contributed by atoms with Crippen molar-refractivity contribution in [3.63, 3.8) is 0 Å². The van der Waals surface area contributed by atoms with Gasteiger partial charge in [-0.25, -0.2) is 8.78 Å². The number of nitrogens with two attached hydrogens (primary N) is 1. The monoisotopic (exact) mass is 585 g/mol. The number of amides is 1. The predicted octanol–water partition coefficient (Wildman–Crippen LogP) is 3.57. The van der Waals surface area contributed by atoms with Gasteiger partial charge in [-0.1, -0.05) is 24.3 Å². The smallest absolute Gasteiger partial charge is 0.269 e. The Morgan fingerprint density at radius 1 is 1.17 bits per heavy atom. The van der Waals surface area contributed by atoms with Crippen LogP contribution in [0.5, 0.6) is 5.75 Å². The van der Waals surface area contributed by atoms with Crippen LogP contribution in [0.4, 0.5) is 8.78 Å². The normalized spacial score (nSPS) is 12.5. The SMILES string of the molecule is Cc1cc(OCc2ccc(F)cc2F)c(Br)c(=O)n1Cc1ccc(CN[C@@H](C(N)=O)[C@@H](C)O)cc1.Cl. The van der Waals surface area contributed by atoms with E-state index in [0.29, 0.717) is 18.8 Å². The number of nitrogens with one attached hydrogen (secondary N) is 1. The van der Waals surface area contributed by atoms with Gasteiger partial charge in [-0.2, -0.15) is 0 Å². The van der Waals surface area contributed by atoms with E-state index in [1.54, 1.807) is 17.6 Å². The summed E-state index contributed by atoms with van der Waals surface area (Å²) >= 11 is 3.27. The van der Waals surface area contributed by atoms with Gasteiger partial charge in [0.15, 0.2) is 0 Å². The molecule has 0 saturated heterocycles. The molecule has 4 N–H and O–H groups in total. The van der Waals surface area contributed by atoms with Crippen LogP contribution in [0, 0.1) is 18.6 Å². The van der Waals surface area contributed by atoms with E-state index in [1.165, 1.54) is 13.0 Å². The lowest BCUT2D eigenvalue weighted by atomic mass is 10.1. The number of aliphatic hydroxyl groups excluding tert-OH is 1. The second-order valence-corrected chi connectivity index (χ2v) is 8.99. The summed E-state index contributed by atoms with van der Waals surface area (Å²) < 4.78 is 34.4. The molecule has 194 valence electrons. The minimum atomic E-state index is -0.915. The minimum absolute atomic E-state index is 0. The summed E-state index contributed by atoms with van der Waals surface area (Å²) in [6, 6.07) is 11.5. The zero-order chi connectivity index (χ0) is 25.7. The predicted molar refractivity (Wildman–Crippen MR) is 138 cm³/mol. The lowest BCUT2D eigenvalue weighted by Gasteiger charge is -2.18. The van der Waals surface area contributed by atoms with E-state index in [2.05, 4.69) is 21.2 Å². The summed E-state index contributed by atoms with van der Waals surface area (Å²) in [4.78, 5) is 24.3. The van der Waals surface area contributed by atoms with Gasteiger partial charge in [0.25, 0.3) is 5.56 Å². The van der Waals surface area contributed by atoms with E-state index in [1.807, 2.05) is 24.3 Å². The van der Waals surface area contributed by atoms with E-state index in [9.17, 15) is 23.5 Å². The van der Waals surface area contributed by atoms with Crippen molar-refractivity contribution in [3.8, 4) is 5.75 Å². The van der Waals surface area contributed by atoms with Gasteiger partial charge in [-0.05, 0) is 53.0 Å². The number of primary amides is 1. The van der Waals surface area contributed by atoms with Crippen LogP contribution in [0.1, 0.15) is 29.3 Å². The molecule has 2 aromatic carbocycles. The Balaban J connectivity index is 0.00000456. The number of rotatable bonds is 10. The van der Waals surface area contributed by atoms with Crippen LogP contribution in [-0.2, 0) is 24.5 Å². The van der Waals surface area contributed by atoms with Crippen LogP contribution in [0.25, 0.3) is 0 Å². The number of benzene rings is 2. The summed E-state index contributed by atoms with van der Waals surface area (Å²) in [7, 11) is 0. The average Bonchev–Trinajstić information content (AvgIpc) is 2.79. The molecule has 3 rings (SSSR count). The maximum atomic E-state index is 13.9. The summed E-state index contributed by atoms with van der Waals surface area (Å²) in [6.45, 7) is 3.73. The second-order valence-electron chi connectivity index (χ2n) is 8.20. The zero-order valence-corrected chi connectivity index (χ0v) is 22.0. The third-order valence-corrected chi connectivity index (χ3v) is 6.22. The van der Waals surface area contributed by atoms with Crippen molar-refractivity contribution >= 4 is 34.2 Å². The number of carbonyl (C=O) groups is 1. The number of aryl methyl sites for hydroxylation is 1. The van der Waals surface area contributed by atoms with Crippen molar-refractivity contribution in [1.82, 2.24) is 9.88 Å². The van der Waals surface area contributed by atoms with E-state index >= 15 is 0 Å². The number of hydrogen-bond donors (Lipinski definition) is 3. The fourth-order valence-corrected chi connectivity index (χ4v) is 3.94. The van der Waals surface area contributed by atoms with Gasteiger partial charge < -0.3 is 20.1 Å². The quantitative estimate of drug-likeness (QED) is 0.337. The van der Waals surface area contributed by atoms with Gasteiger partial charge in [-0.15, -0.1) is 12.4 Å². The third-order valence-electron chi connectivity index (χ3n) is 5.49. The van der Waals surface area contributed by atoms with Crippen molar-refractivity contribution in [2.75, 3.05) is 0 Å². The highest BCUT2D eigenvalue weighted by Crippen LogP contribution is 2.24. The van der Waals surface area contributed by atoms with Crippen LogP contribution < -0.4 is 21.3 Å². The molecule has 1 heterocycles. The Bertz CT molecular complexity index is 1270. The molecule has 2 atom stereocenters. The molecule has 0 spiro atoms. The molecule has 11 heteroatoms. The molecular formula is C25H27BrClF2N3O4. The molecule has 0 aliphatic carbocycles. The van der Waals surface area contributed by atoms with Crippen molar-refractivity contribution in [3.05, 3.63) is 97.4 Å². The minimum Gasteiger partial charge on any atom is -0.487 e. The van der Waals surface area contributed by atoms with Gasteiger partial charge in [0.2, 0.25) is 5.91 Å².